The number of hydrogen-bond acceptors (Lipinski definition) is 3. The molecule has 0 atom stereocenters. The summed E-state index contributed by atoms with van der Waals surface area (Å²) < 4.78 is 5.21. The Hall–Kier alpha value is -2.23. The third kappa shape index (κ3) is 1.29. The molecule has 3 N–H and O–H groups in total. The summed E-state index contributed by atoms with van der Waals surface area (Å²) >= 11 is 0. The maximum atomic E-state index is 5.59. The Balaban J connectivity index is 1.93. The highest BCUT2D eigenvalue weighted by Crippen LogP contribution is 2.33. The molecule has 1 aliphatic rings. The number of aromatic amines is 1. The van der Waals surface area contributed by atoms with Crippen LogP contribution in [0.1, 0.15) is 17.7 Å². The maximum Gasteiger partial charge on any atom is 0.169 e. The SMILES string of the molecule is Nc1cc(-c2ccc3[nH]c4c(c3c2)CCC4)on1. The molecule has 2 heterocycles. The molecule has 0 radical (unpaired) electrons. The Morgan fingerprint density at radius 3 is 3.00 bits per heavy atom. The zero-order valence-electron chi connectivity index (χ0n) is 9.86. The lowest BCUT2D eigenvalue weighted by Crippen LogP contribution is -1.80. The smallest absolute Gasteiger partial charge is 0.169 e. The molecule has 0 unspecified atom stereocenters. The molecule has 0 amide bonds. The normalized spacial score (nSPS) is 14.2. The van der Waals surface area contributed by atoms with Gasteiger partial charge in [0.1, 0.15) is 0 Å². The second-order valence-electron chi connectivity index (χ2n) is 4.81. The highest BCUT2D eigenvalue weighted by atomic mass is 16.5. The minimum absolute atomic E-state index is 0.421. The van der Waals surface area contributed by atoms with Crippen LogP contribution >= 0.6 is 0 Å². The summed E-state index contributed by atoms with van der Waals surface area (Å²) in [6.07, 6.45) is 3.57. The van der Waals surface area contributed by atoms with Crippen LogP contribution < -0.4 is 5.73 Å². The van der Waals surface area contributed by atoms with Gasteiger partial charge in [-0.15, -0.1) is 0 Å². The average Bonchev–Trinajstić information content (AvgIpc) is 3.03. The molecule has 0 bridgehead atoms. The maximum absolute atomic E-state index is 5.59. The fourth-order valence-corrected chi connectivity index (χ4v) is 2.82. The van der Waals surface area contributed by atoms with Crippen molar-refractivity contribution in [2.45, 2.75) is 19.3 Å². The number of nitrogens with one attached hydrogen (secondary N) is 1. The number of hydrogen-bond donors (Lipinski definition) is 2. The molecule has 90 valence electrons. The number of benzene rings is 1. The number of nitrogen functional groups attached to an aromatic ring is 1. The van der Waals surface area contributed by atoms with Gasteiger partial charge < -0.3 is 15.2 Å². The lowest BCUT2D eigenvalue weighted by Gasteiger charge is -1.98. The Bertz CT molecular complexity index is 739. The Morgan fingerprint density at radius 2 is 2.17 bits per heavy atom. The van der Waals surface area contributed by atoms with Gasteiger partial charge in [-0.3, -0.25) is 0 Å². The van der Waals surface area contributed by atoms with E-state index in [9.17, 15) is 0 Å². The highest BCUT2D eigenvalue weighted by Gasteiger charge is 2.17. The van der Waals surface area contributed by atoms with Crippen LogP contribution in [0.5, 0.6) is 0 Å². The number of H-pyrrole nitrogens is 1. The molecule has 1 aliphatic carbocycles. The standard InChI is InChI=1S/C14H13N3O/c15-14-7-13(18-17-14)8-4-5-12-10(6-8)9-2-1-3-11(9)16-12/h4-7,16H,1-3H2,(H2,15,17). The predicted molar refractivity (Wildman–Crippen MR) is 70.2 cm³/mol. The van der Waals surface area contributed by atoms with Crippen molar-refractivity contribution < 1.29 is 4.52 Å². The van der Waals surface area contributed by atoms with Crippen molar-refractivity contribution >= 4 is 16.7 Å². The molecular weight excluding hydrogens is 226 g/mol. The number of nitrogens with two attached hydrogens (primary N) is 1. The lowest BCUT2D eigenvalue weighted by molar-refractivity contribution is 0.436. The summed E-state index contributed by atoms with van der Waals surface area (Å²) in [5.74, 6) is 1.15. The molecule has 0 spiro atoms. The summed E-state index contributed by atoms with van der Waals surface area (Å²) in [5.41, 5.74) is 10.7. The van der Waals surface area contributed by atoms with Crippen molar-refractivity contribution in [2.75, 3.05) is 5.73 Å². The molecule has 0 aliphatic heterocycles. The molecule has 1 aromatic carbocycles. The summed E-state index contributed by atoms with van der Waals surface area (Å²) in [7, 11) is 0. The van der Waals surface area contributed by atoms with Crippen LogP contribution in [0, 0.1) is 0 Å². The number of aromatic nitrogens is 2. The average molecular weight is 239 g/mol. The van der Waals surface area contributed by atoms with Crippen molar-refractivity contribution in [1.29, 1.82) is 0 Å². The number of anilines is 1. The van der Waals surface area contributed by atoms with Crippen molar-refractivity contribution in [1.82, 2.24) is 10.1 Å². The summed E-state index contributed by atoms with van der Waals surface area (Å²) in [6, 6.07) is 8.06. The molecule has 4 nitrogen and oxygen atoms in total. The van der Waals surface area contributed by atoms with E-state index in [4.69, 9.17) is 10.3 Å². The van der Waals surface area contributed by atoms with E-state index in [-0.39, 0.29) is 0 Å². The van der Waals surface area contributed by atoms with E-state index in [0.29, 0.717) is 5.82 Å². The first-order chi connectivity index (χ1) is 8.81. The van der Waals surface area contributed by atoms with Gasteiger partial charge in [-0.1, -0.05) is 5.16 Å². The molecular formula is C14H13N3O. The van der Waals surface area contributed by atoms with Crippen LogP contribution in [-0.4, -0.2) is 10.1 Å². The van der Waals surface area contributed by atoms with Crippen molar-refractivity contribution in [3.63, 3.8) is 0 Å². The van der Waals surface area contributed by atoms with E-state index in [2.05, 4.69) is 22.3 Å². The minimum Gasteiger partial charge on any atom is -0.381 e. The quantitative estimate of drug-likeness (QED) is 0.686. The number of nitrogens with zero attached hydrogens (tertiary/aromatic N) is 1. The van der Waals surface area contributed by atoms with Gasteiger partial charge in [0.05, 0.1) is 0 Å². The number of aryl methyl sites for hydroxylation is 2. The van der Waals surface area contributed by atoms with E-state index in [1.165, 1.54) is 28.6 Å². The van der Waals surface area contributed by atoms with Gasteiger partial charge in [0.15, 0.2) is 11.6 Å². The van der Waals surface area contributed by atoms with Crippen LogP contribution in [-0.2, 0) is 12.8 Å². The summed E-state index contributed by atoms with van der Waals surface area (Å²) in [5, 5.41) is 5.03. The van der Waals surface area contributed by atoms with Gasteiger partial charge in [0.25, 0.3) is 0 Å². The van der Waals surface area contributed by atoms with Crippen LogP contribution in [0.4, 0.5) is 5.82 Å². The zero-order valence-corrected chi connectivity index (χ0v) is 9.86. The zero-order chi connectivity index (χ0) is 12.1. The lowest BCUT2D eigenvalue weighted by atomic mass is 10.1. The van der Waals surface area contributed by atoms with Crippen molar-refractivity contribution in [3.05, 3.63) is 35.5 Å². The minimum atomic E-state index is 0.421. The van der Waals surface area contributed by atoms with Crippen LogP contribution in [0.2, 0.25) is 0 Å². The second-order valence-corrected chi connectivity index (χ2v) is 4.81. The van der Waals surface area contributed by atoms with E-state index < -0.39 is 0 Å². The van der Waals surface area contributed by atoms with Gasteiger partial charge in [-0.2, -0.15) is 0 Å². The molecule has 0 fully saturated rings. The van der Waals surface area contributed by atoms with Crippen molar-refractivity contribution in [3.8, 4) is 11.3 Å². The van der Waals surface area contributed by atoms with Crippen LogP contribution in [0.25, 0.3) is 22.2 Å². The van der Waals surface area contributed by atoms with Crippen LogP contribution in [0.15, 0.2) is 28.8 Å². The van der Waals surface area contributed by atoms with Crippen LogP contribution in [0.3, 0.4) is 0 Å². The number of fused-ring (bicyclic) bond motifs is 3. The Labute approximate surface area is 104 Å². The van der Waals surface area contributed by atoms with E-state index >= 15 is 0 Å². The molecule has 4 heteroatoms. The van der Waals surface area contributed by atoms with E-state index in [1.807, 2.05) is 6.07 Å². The fraction of sp³-hybridized carbons (Fsp3) is 0.214. The number of rotatable bonds is 1. The molecule has 0 saturated carbocycles. The molecule has 3 aromatic rings. The molecule has 0 saturated heterocycles. The van der Waals surface area contributed by atoms with Gasteiger partial charge >= 0.3 is 0 Å². The Morgan fingerprint density at radius 1 is 1.22 bits per heavy atom. The third-order valence-electron chi connectivity index (χ3n) is 3.66. The highest BCUT2D eigenvalue weighted by molar-refractivity contribution is 5.89. The van der Waals surface area contributed by atoms with E-state index in [1.54, 1.807) is 6.07 Å². The van der Waals surface area contributed by atoms with Crippen molar-refractivity contribution in [2.24, 2.45) is 0 Å². The summed E-state index contributed by atoms with van der Waals surface area (Å²) in [6.45, 7) is 0. The van der Waals surface area contributed by atoms with Gasteiger partial charge in [0.2, 0.25) is 0 Å². The summed E-state index contributed by atoms with van der Waals surface area (Å²) in [4.78, 5) is 3.49. The molecule has 4 rings (SSSR count). The monoisotopic (exact) mass is 239 g/mol. The van der Waals surface area contributed by atoms with Gasteiger partial charge in [0, 0.05) is 28.2 Å². The second kappa shape index (κ2) is 3.38. The molecule has 2 aromatic heterocycles. The Kier molecular flexibility index (Phi) is 1.84. The van der Waals surface area contributed by atoms with Gasteiger partial charge in [-0.25, -0.2) is 0 Å². The first-order valence-corrected chi connectivity index (χ1v) is 6.17. The third-order valence-corrected chi connectivity index (χ3v) is 3.66. The molecule has 18 heavy (non-hydrogen) atoms. The topological polar surface area (TPSA) is 67.8 Å². The fourth-order valence-electron chi connectivity index (χ4n) is 2.82. The predicted octanol–water partition coefficient (Wildman–Crippen LogP) is 2.89. The first-order valence-electron chi connectivity index (χ1n) is 6.17. The first kappa shape index (κ1) is 9.76. The largest absolute Gasteiger partial charge is 0.381 e. The van der Waals surface area contributed by atoms with Gasteiger partial charge in [-0.05, 0) is 43.0 Å². The van der Waals surface area contributed by atoms with E-state index in [0.717, 1.165) is 24.2 Å².